The number of fused-ring (bicyclic) bond motifs is 1. The average Bonchev–Trinajstić information content (AvgIpc) is 3.49. The van der Waals surface area contributed by atoms with E-state index in [0.29, 0.717) is 18.4 Å². The van der Waals surface area contributed by atoms with Crippen molar-refractivity contribution in [1.29, 1.82) is 0 Å². The van der Waals surface area contributed by atoms with E-state index in [0.717, 1.165) is 33.5 Å². The first-order valence-electron chi connectivity index (χ1n) is 10.2. The highest BCUT2D eigenvalue weighted by Crippen LogP contribution is 2.23. The molecule has 0 aliphatic carbocycles. The number of aromatic nitrogens is 5. The van der Waals surface area contributed by atoms with Crippen LogP contribution in [0.5, 0.6) is 5.75 Å². The van der Waals surface area contributed by atoms with Gasteiger partial charge in [-0.3, -0.25) is 10.2 Å². The highest BCUT2D eigenvalue weighted by atomic mass is 16.5. The van der Waals surface area contributed by atoms with E-state index in [1.807, 2.05) is 86.6 Å². The van der Waals surface area contributed by atoms with Crippen LogP contribution in [0.1, 0.15) is 19.4 Å². The second-order valence-electron chi connectivity index (χ2n) is 6.60. The van der Waals surface area contributed by atoms with Crippen LogP contribution in [0.15, 0.2) is 79.0 Å². The zero-order valence-corrected chi connectivity index (χ0v) is 17.5. The number of anilines is 2. The molecular weight excluding hydrogens is 388 g/mol. The number of H-pyrrole nitrogens is 2. The normalized spacial score (nSPS) is 10.4. The number of hydrogen-bond acceptors (Lipinski definition) is 5. The summed E-state index contributed by atoms with van der Waals surface area (Å²) in [7, 11) is 0. The molecule has 0 aliphatic heterocycles. The van der Waals surface area contributed by atoms with Gasteiger partial charge in [0.2, 0.25) is 5.95 Å². The fraction of sp³-hybridized carbons (Fsp3) is 0.125. The molecule has 0 spiro atoms. The first-order chi connectivity index (χ1) is 15.3. The standard InChI is InChI=1S/C22H18N6O.C2H6/c1-2-4-15(5-3-1)14-29-19-9-6-16(7-10-19)21-25-22(28-27-21)24-18-8-11-20-17(12-18)13-23-26-20;1-2/h1-13H,14H2,(H,23,26)(H2,24,25,27,28);1-2H3. The Morgan fingerprint density at radius 3 is 2.52 bits per heavy atom. The molecule has 2 heterocycles. The molecule has 7 heteroatoms. The molecule has 0 aliphatic rings. The monoisotopic (exact) mass is 412 g/mol. The van der Waals surface area contributed by atoms with E-state index in [1.54, 1.807) is 6.20 Å². The Bertz CT molecular complexity index is 1230. The van der Waals surface area contributed by atoms with Crippen molar-refractivity contribution in [2.75, 3.05) is 5.32 Å². The third-order valence-electron chi connectivity index (χ3n) is 4.56. The molecule has 0 amide bonds. The molecule has 31 heavy (non-hydrogen) atoms. The minimum atomic E-state index is 0.507. The Balaban J connectivity index is 0.00000112. The lowest BCUT2D eigenvalue weighted by Crippen LogP contribution is -1.94. The maximum atomic E-state index is 5.83. The number of nitrogens with zero attached hydrogens (tertiary/aromatic N) is 3. The summed E-state index contributed by atoms with van der Waals surface area (Å²) in [6.07, 6.45) is 1.78. The second-order valence-corrected chi connectivity index (χ2v) is 6.60. The zero-order chi connectivity index (χ0) is 21.5. The smallest absolute Gasteiger partial charge is 0.246 e. The van der Waals surface area contributed by atoms with Crippen LogP contribution in [0.4, 0.5) is 11.6 Å². The van der Waals surface area contributed by atoms with Gasteiger partial charge in [0.15, 0.2) is 5.82 Å². The molecule has 0 saturated carbocycles. The molecule has 0 radical (unpaired) electrons. The number of ether oxygens (including phenoxy) is 1. The molecule has 5 rings (SSSR count). The third kappa shape index (κ3) is 4.90. The minimum absolute atomic E-state index is 0.507. The van der Waals surface area contributed by atoms with E-state index in [9.17, 15) is 0 Å². The first kappa shape index (κ1) is 20.2. The highest BCUT2D eigenvalue weighted by Gasteiger charge is 2.07. The van der Waals surface area contributed by atoms with Gasteiger partial charge in [-0.15, -0.1) is 5.10 Å². The van der Waals surface area contributed by atoms with Crippen LogP contribution in [-0.4, -0.2) is 25.4 Å². The molecule has 156 valence electrons. The van der Waals surface area contributed by atoms with Crippen molar-refractivity contribution in [3.8, 4) is 17.1 Å². The first-order valence-corrected chi connectivity index (χ1v) is 10.2. The maximum Gasteiger partial charge on any atom is 0.246 e. The lowest BCUT2D eigenvalue weighted by Gasteiger charge is -2.06. The number of rotatable bonds is 6. The predicted molar refractivity (Wildman–Crippen MR) is 123 cm³/mol. The topological polar surface area (TPSA) is 91.5 Å². The molecule has 3 N–H and O–H groups in total. The molecule has 2 aromatic heterocycles. The van der Waals surface area contributed by atoms with E-state index in [4.69, 9.17) is 4.74 Å². The van der Waals surface area contributed by atoms with Gasteiger partial charge in [-0.05, 0) is 48.0 Å². The molecule has 5 aromatic rings. The van der Waals surface area contributed by atoms with Crippen molar-refractivity contribution in [1.82, 2.24) is 25.4 Å². The van der Waals surface area contributed by atoms with E-state index >= 15 is 0 Å². The van der Waals surface area contributed by atoms with Crippen molar-refractivity contribution >= 4 is 22.5 Å². The second kappa shape index (κ2) is 9.58. The molecule has 0 atom stereocenters. The fourth-order valence-electron chi connectivity index (χ4n) is 3.05. The molecule has 0 saturated heterocycles. The summed E-state index contributed by atoms with van der Waals surface area (Å²) in [5.74, 6) is 2.00. The van der Waals surface area contributed by atoms with Gasteiger partial charge in [0.1, 0.15) is 12.4 Å². The lowest BCUT2D eigenvalue weighted by atomic mass is 10.2. The summed E-state index contributed by atoms with van der Waals surface area (Å²) >= 11 is 0. The van der Waals surface area contributed by atoms with Gasteiger partial charge in [-0.1, -0.05) is 44.2 Å². The van der Waals surface area contributed by atoms with E-state index in [1.165, 1.54) is 0 Å². The summed E-state index contributed by atoms with van der Waals surface area (Å²) in [6.45, 7) is 4.54. The summed E-state index contributed by atoms with van der Waals surface area (Å²) in [4.78, 5) is 4.52. The van der Waals surface area contributed by atoms with Crippen LogP contribution in [0.2, 0.25) is 0 Å². The zero-order valence-electron chi connectivity index (χ0n) is 17.5. The van der Waals surface area contributed by atoms with Crippen molar-refractivity contribution in [2.24, 2.45) is 0 Å². The summed E-state index contributed by atoms with van der Waals surface area (Å²) < 4.78 is 5.83. The van der Waals surface area contributed by atoms with E-state index in [-0.39, 0.29) is 0 Å². The van der Waals surface area contributed by atoms with Gasteiger partial charge in [0, 0.05) is 16.6 Å². The van der Waals surface area contributed by atoms with Crippen molar-refractivity contribution < 1.29 is 4.74 Å². The molecule has 7 nitrogen and oxygen atoms in total. The Kier molecular flexibility index (Phi) is 6.23. The van der Waals surface area contributed by atoms with Gasteiger partial charge in [0.25, 0.3) is 0 Å². The summed E-state index contributed by atoms with van der Waals surface area (Å²) in [5, 5.41) is 18.4. The third-order valence-corrected chi connectivity index (χ3v) is 4.56. The molecule has 0 bridgehead atoms. The number of hydrogen-bond donors (Lipinski definition) is 3. The quantitative estimate of drug-likeness (QED) is 0.333. The lowest BCUT2D eigenvalue weighted by molar-refractivity contribution is 0.306. The fourth-order valence-corrected chi connectivity index (χ4v) is 3.05. The predicted octanol–water partition coefficient (Wildman–Crippen LogP) is 5.70. The Morgan fingerprint density at radius 1 is 0.903 bits per heavy atom. The van der Waals surface area contributed by atoms with Crippen molar-refractivity contribution in [3.63, 3.8) is 0 Å². The van der Waals surface area contributed by atoms with Crippen molar-refractivity contribution in [2.45, 2.75) is 20.5 Å². The Morgan fingerprint density at radius 2 is 1.71 bits per heavy atom. The molecule has 3 aromatic carbocycles. The molecule has 0 unspecified atom stereocenters. The van der Waals surface area contributed by atoms with Crippen LogP contribution < -0.4 is 10.1 Å². The van der Waals surface area contributed by atoms with Crippen LogP contribution in [-0.2, 0) is 6.61 Å². The van der Waals surface area contributed by atoms with E-state index in [2.05, 4.69) is 30.7 Å². The maximum absolute atomic E-state index is 5.83. The average molecular weight is 412 g/mol. The largest absolute Gasteiger partial charge is 0.489 e. The van der Waals surface area contributed by atoms with Gasteiger partial charge in [0.05, 0.1) is 11.7 Å². The van der Waals surface area contributed by atoms with Crippen LogP contribution in [0.25, 0.3) is 22.3 Å². The highest BCUT2D eigenvalue weighted by molar-refractivity contribution is 5.82. The number of benzene rings is 3. The van der Waals surface area contributed by atoms with Crippen LogP contribution >= 0.6 is 0 Å². The minimum Gasteiger partial charge on any atom is -0.489 e. The molecular formula is C24H24N6O. The van der Waals surface area contributed by atoms with Gasteiger partial charge in [-0.2, -0.15) is 10.1 Å². The van der Waals surface area contributed by atoms with Crippen molar-refractivity contribution in [3.05, 3.63) is 84.6 Å². The van der Waals surface area contributed by atoms with Gasteiger partial charge in [-0.25, -0.2) is 0 Å². The van der Waals surface area contributed by atoms with Crippen LogP contribution in [0.3, 0.4) is 0 Å². The Hall–Kier alpha value is -4.13. The summed E-state index contributed by atoms with van der Waals surface area (Å²) in [6, 6.07) is 23.8. The number of aromatic amines is 2. The van der Waals surface area contributed by atoms with Gasteiger partial charge >= 0.3 is 0 Å². The van der Waals surface area contributed by atoms with E-state index < -0.39 is 0 Å². The SMILES string of the molecule is CC.c1ccc(COc2ccc(-c3nc(Nc4ccc5[nH]ncc5c4)n[nH]3)cc2)cc1. The summed E-state index contributed by atoms with van der Waals surface area (Å²) in [5.41, 5.74) is 3.95. The van der Waals surface area contributed by atoms with Gasteiger partial charge < -0.3 is 10.1 Å². The number of nitrogens with one attached hydrogen (secondary N) is 3. The molecule has 0 fully saturated rings. The Labute approximate surface area is 180 Å². The van der Waals surface area contributed by atoms with Crippen LogP contribution in [0, 0.1) is 0 Å².